The molecule has 0 radical (unpaired) electrons. The van der Waals surface area contributed by atoms with Gasteiger partial charge in [0, 0.05) is 30.2 Å². The first kappa shape index (κ1) is 14.3. The Morgan fingerprint density at radius 2 is 2.00 bits per heavy atom. The lowest BCUT2D eigenvalue weighted by Crippen LogP contribution is -2.40. The molecule has 2 aliphatic rings. The largest absolute Gasteiger partial charge is 0.393 e. The Balaban J connectivity index is 1.86. The summed E-state index contributed by atoms with van der Waals surface area (Å²) in [6.07, 6.45) is 3.85. The van der Waals surface area contributed by atoms with E-state index in [1.165, 1.54) is 16.7 Å². The maximum atomic E-state index is 9.69. The molecular weight excluding hydrogens is 272 g/mol. The normalized spacial score (nSPS) is 30.5. The fourth-order valence-corrected chi connectivity index (χ4v) is 3.96. The van der Waals surface area contributed by atoms with Gasteiger partial charge in [0.2, 0.25) is 0 Å². The smallest absolute Gasteiger partial charge is 0.0541 e. The average molecular weight is 295 g/mol. The van der Waals surface area contributed by atoms with Gasteiger partial charge in [-0.2, -0.15) is 0 Å². The van der Waals surface area contributed by atoms with Crippen LogP contribution in [-0.4, -0.2) is 28.7 Å². The number of fused-ring (bicyclic) bond motifs is 1. The Morgan fingerprint density at radius 1 is 1.30 bits per heavy atom. The summed E-state index contributed by atoms with van der Waals surface area (Å²) in [6, 6.07) is 4.98. The van der Waals surface area contributed by atoms with E-state index < -0.39 is 0 Å². The molecule has 0 saturated heterocycles. The highest BCUT2D eigenvalue weighted by Crippen LogP contribution is 2.41. The van der Waals surface area contributed by atoms with E-state index in [1.54, 1.807) is 0 Å². The maximum Gasteiger partial charge on any atom is 0.0541 e. The molecule has 0 bridgehead atoms. The minimum absolute atomic E-state index is 0.108. The van der Waals surface area contributed by atoms with Crippen LogP contribution in [0.3, 0.4) is 0 Å². The second-order valence-corrected chi connectivity index (χ2v) is 6.53. The summed E-state index contributed by atoms with van der Waals surface area (Å²) in [7, 11) is 0. The number of aliphatic hydroxyl groups excluding tert-OH is 1. The number of aliphatic hydroxyl groups is 1. The van der Waals surface area contributed by atoms with Gasteiger partial charge in [0.15, 0.2) is 0 Å². The minimum Gasteiger partial charge on any atom is -0.393 e. The molecule has 3 rings (SSSR count). The van der Waals surface area contributed by atoms with Crippen molar-refractivity contribution in [3.8, 4) is 0 Å². The number of hydrogen-bond acceptors (Lipinski definition) is 3. The summed E-state index contributed by atoms with van der Waals surface area (Å²) in [6.45, 7) is 3.69. The first-order chi connectivity index (χ1) is 9.61. The van der Waals surface area contributed by atoms with Gasteiger partial charge < -0.3 is 10.8 Å². The van der Waals surface area contributed by atoms with E-state index in [2.05, 4.69) is 17.9 Å². The second-order valence-electron chi connectivity index (χ2n) is 6.13. The molecule has 0 spiro atoms. The van der Waals surface area contributed by atoms with E-state index in [4.69, 9.17) is 17.3 Å². The Labute approximate surface area is 125 Å². The molecule has 1 aliphatic heterocycles. The molecule has 3 N–H and O–H groups in total. The van der Waals surface area contributed by atoms with Gasteiger partial charge in [-0.3, -0.25) is 4.90 Å². The fraction of sp³-hybridized carbons (Fsp3) is 0.625. The van der Waals surface area contributed by atoms with Crippen molar-refractivity contribution in [2.24, 2.45) is 5.73 Å². The lowest BCUT2D eigenvalue weighted by atomic mass is 9.91. The zero-order valence-electron chi connectivity index (χ0n) is 12.0. The molecule has 1 heterocycles. The Bertz CT molecular complexity index is 497. The first-order valence-electron chi connectivity index (χ1n) is 7.53. The van der Waals surface area contributed by atoms with E-state index in [1.807, 2.05) is 6.07 Å². The molecule has 1 aromatic carbocycles. The van der Waals surface area contributed by atoms with Gasteiger partial charge in [-0.1, -0.05) is 17.7 Å². The molecule has 1 saturated carbocycles. The van der Waals surface area contributed by atoms with Crippen LogP contribution in [0, 0.1) is 6.92 Å². The van der Waals surface area contributed by atoms with Gasteiger partial charge >= 0.3 is 0 Å². The SMILES string of the molecule is Cc1c(Cl)ccc2c1CN(C1CCC(O)CC1)C2CN. The van der Waals surface area contributed by atoms with Crippen molar-refractivity contribution in [1.29, 1.82) is 0 Å². The van der Waals surface area contributed by atoms with Crippen LogP contribution in [0.5, 0.6) is 0 Å². The van der Waals surface area contributed by atoms with E-state index >= 15 is 0 Å². The number of benzene rings is 1. The molecule has 1 unspecified atom stereocenters. The number of rotatable bonds is 2. The highest BCUT2D eigenvalue weighted by molar-refractivity contribution is 6.31. The van der Waals surface area contributed by atoms with Crippen LogP contribution in [-0.2, 0) is 6.54 Å². The van der Waals surface area contributed by atoms with Gasteiger partial charge in [-0.05, 0) is 55.4 Å². The molecule has 0 amide bonds. The third-order valence-electron chi connectivity index (χ3n) is 5.03. The Morgan fingerprint density at radius 3 is 2.65 bits per heavy atom. The standard InChI is InChI=1S/C16H23ClN2O/c1-10-14-9-19(11-2-4-12(20)5-3-11)16(8-18)13(14)6-7-15(10)17/h6-7,11-12,16,20H,2-5,8-9,18H2,1H3. The van der Waals surface area contributed by atoms with Crippen molar-refractivity contribution in [1.82, 2.24) is 4.90 Å². The van der Waals surface area contributed by atoms with Crippen molar-refractivity contribution in [3.63, 3.8) is 0 Å². The van der Waals surface area contributed by atoms with Crippen LogP contribution in [0.2, 0.25) is 5.02 Å². The lowest BCUT2D eigenvalue weighted by molar-refractivity contribution is 0.0571. The molecule has 1 aromatic rings. The number of hydrogen-bond donors (Lipinski definition) is 2. The molecule has 20 heavy (non-hydrogen) atoms. The molecule has 4 heteroatoms. The molecule has 110 valence electrons. The van der Waals surface area contributed by atoms with Gasteiger partial charge in [0.25, 0.3) is 0 Å². The summed E-state index contributed by atoms with van der Waals surface area (Å²) >= 11 is 6.25. The van der Waals surface area contributed by atoms with Crippen molar-refractivity contribution < 1.29 is 5.11 Å². The van der Waals surface area contributed by atoms with E-state index in [9.17, 15) is 5.11 Å². The third-order valence-corrected chi connectivity index (χ3v) is 5.44. The molecular formula is C16H23ClN2O. The summed E-state index contributed by atoms with van der Waals surface area (Å²) < 4.78 is 0. The zero-order valence-corrected chi connectivity index (χ0v) is 12.7. The monoisotopic (exact) mass is 294 g/mol. The van der Waals surface area contributed by atoms with Gasteiger partial charge in [-0.25, -0.2) is 0 Å². The molecule has 1 atom stereocenters. The minimum atomic E-state index is -0.108. The van der Waals surface area contributed by atoms with Gasteiger partial charge in [-0.15, -0.1) is 0 Å². The summed E-state index contributed by atoms with van der Waals surface area (Å²) in [5, 5.41) is 10.5. The van der Waals surface area contributed by atoms with Crippen LogP contribution in [0.25, 0.3) is 0 Å². The Kier molecular flexibility index (Phi) is 4.04. The van der Waals surface area contributed by atoms with Crippen LogP contribution in [0.1, 0.15) is 48.4 Å². The highest BCUT2D eigenvalue weighted by Gasteiger charge is 2.36. The summed E-state index contributed by atoms with van der Waals surface area (Å²) in [4.78, 5) is 2.53. The second kappa shape index (κ2) is 5.64. The van der Waals surface area contributed by atoms with Crippen molar-refractivity contribution in [3.05, 3.63) is 33.8 Å². The van der Waals surface area contributed by atoms with Crippen LogP contribution in [0.4, 0.5) is 0 Å². The maximum absolute atomic E-state index is 9.69. The fourth-order valence-electron chi connectivity index (χ4n) is 3.78. The number of halogens is 1. The molecule has 1 fully saturated rings. The Hall–Kier alpha value is -0.610. The van der Waals surface area contributed by atoms with E-state index in [0.717, 1.165) is 37.3 Å². The van der Waals surface area contributed by atoms with Crippen molar-refractivity contribution in [2.75, 3.05) is 6.54 Å². The quantitative estimate of drug-likeness (QED) is 0.882. The van der Waals surface area contributed by atoms with Crippen LogP contribution >= 0.6 is 11.6 Å². The summed E-state index contributed by atoms with van der Waals surface area (Å²) in [5.74, 6) is 0. The zero-order chi connectivity index (χ0) is 14.3. The van der Waals surface area contributed by atoms with Crippen LogP contribution in [0.15, 0.2) is 12.1 Å². The number of nitrogens with two attached hydrogens (primary N) is 1. The third kappa shape index (κ3) is 2.37. The van der Waals surface area contributed by atoms with E-state index in [0.29, 0.717) is 18.6 Å². The lowest BCUT2D eigenvalue weighted by Gasteiger charge is -2.36. The van der Waals surface area contributed by atoms with Crippen molar-refractivity contribution >= 4 is 11.6 Å². The highest BCUT2D eigenvalue weighted by atomic mass is 35.5. The molecule has 1 aliphatic carbocycles. The predicted octanol–water partition coefficient (Wildman–Crippen LogP) is 2.77. The first-order valence-corrected chi connectivity index (χ1v) is 7.91. The van der Waals surface area contributed by atoms with Gasteiger partial charge in [0.1, 0.15) is 0 Å². The van der Waals surface area contributed by atoms with Crippen molar-refractivity contribution in [2.45, 2.75) is 57.3 Å². The van der Waals surface area contributed by atoms with E-state index in [-0.39, 0.29) is 6.10 Å². The molecule has 0 aromatic heterocycles. The topological polar surface area (TPSA) is 49.5 Å². The van der Waals surface area contributed by atoms with Crippen LogP contribution < -0.4 is 5.73 Å². The van der Waals surface area contributed by atoms with Gasteiger partial charge in [0.05, 0.1) is 6.10 Å². The average Bonchev–Trinajstić information content (AvgIpc) is 2.83. The number of nitrogens with zero attached hydrogens (tertiary/aromatic N) is 1. The molecule has 3 nitrogen and oxygen atoms in total. The predicted molar refractivity (Wildman–Crippen MR) is 81.8 cm³/mol. The summed E-state index contributed by atoms with van der Waals surface area (Å²) in [5.41, 5.74) is 9.94.